The van der Waals surface area contributed by atoms with Crippen molar-refractivity contribution in [2.24, 2.45) is 5.92 Å². The standard InChI is InChI=1S/C12H19N7/c1-4-9(2)8-18(3)11-15-10(13)16-12(17-11)19-7-5-6-14-19/h5-7,9H,4,8H2,1-3H3,(H2,13,15,16,17). The number of nitrogens with zero attached hydrogens (tertiary/aromatic N) is 6. The van der Waals surface area contributed by atoms with Crippen LogP contribution >= 0.6 is 0 Å². The molecule has 7 nitrogen and oxygen atoms in total. The SMILES string of the molecule is CCC(C)CN(C)c1nc(N)nc(-n2cccn2)n1. The molecule has 0 bridgehead atoms. The highest BCUT2D eigenvalue weighted by Crippen LogP contribution is 2.12. The molecule has 0 fully saturated rings. The predicted molar refractivity (Wildman–Crippen MR) is 74.1 cm³/mol. The van der Waals surface area contributed by atoms with Crippen LogP contribution in [0.1, 0.15) is 20.3 Å². The Balaban J connectivity index is 2.26. The maximum atomic E-state index is 5.74. The molecule has 2 rings (SSSR count). The molecular formula is C12H19N7. The Labute approximate surface area is 112 Å². The van der Waals surface area contributed by atoms with Crippen LogP contribution in [-0.4, -0.2) is 38.3 Å². The van der Waals surface area contributed by atoms with Crippen LogP contribution in [0.4, 0.5) is 11.9 Å². The number of rotatable bonds is 5. The van der Waals surface area contributed by atoms with Crippen LogP contribution < -0.4 is 10.6 Å². The first-order valence-corrected chi connectivity index (χ1v) is 6.32. The number of hydrogen-bond acceptors (Lipinski definition) is 6. The summed E-state index contributed by atoms with van der Waals surface area (Å²) < 4.78 is 1.57. The molecule has 102 valence electrons. The zero-order valence-corrected chi connectivity index (χ0v) is 11.5. The van der Waals surface area contributed by atoms with Gasteiger partial charge in [0, 0.05) is 26.0 Å². The predicted octanol–water partition coefficient (Wildman–Crippen LogP) is 1.12. The summed E-state index contributed by atoms with van der Waals surface area (Å²) in [5, 5.41) is 4.09. The summed E-state index contributed by atoms with van der Waals surface area (Å²) in [6.45, 7) is 5.23. The zero-order valence-electron chi connectivity index (χ0n) is 11.5. The highest BCUT2D eigenvalue weighted by molar-refractivity contribution is 5.36. The van der Waals surface area contributed by atoms with Gasteiger partial charge in [0.05, 0.1) is 0 Å². The normalized spacial score (nSPS) is 12.4. The van der Waals surface area contributed by atoms with Gasteiger partial charge in [-0.1, -0.05) is 20.3 Å². The van der Waals surface area contributed by atoms with E-state index in [4.69, 9.17) is 5.73 Å². The lowest BCUT2D eigenvalue weighted by Crippen LogP contribution is -2.26. The van der Waals surface area contributed by atoms with Crippen LogP contribution in [-0.2, 0) is 0 Å². The van der Waals surface area contributed by atoms with Crippen molar-refractivity contribution in [3.05, 3.63) is 18.5 Å². The Morgan fingerprint density at radius 3 is 2.79 bits per heavy atom. The molecule has 0 aliphatic carbocycles. The van der Waals surface area contributed by atoms with Gasteiger partial charge in [-0.05, 0) is 12.0 Å². The third-order valence-electron chi connectivity index (χ3n) is 2.96. The fraction of sp³-hybridized carbons (Fsp3) is 0.500. The van der Waals surface area contributed by atoms with E-state index >= 15 is 0 Å². The Morgan fingerprint density at radius 1 is 1.37 bits per heavy atom. The molecule has 0 saturated carbocycles. The van der Waals surface area contributed by atoms with Crippen LogP contribution in [0.15, 0.2) is 18.5 Å². The number of hydrogen-bond donors (Lipinski definition) is 1. The minimum absolute atomic E-state index is 0.200. The summed E-state index contributed by atoms with van der Waals surface area (Å²) in [7, 11) is 1.95. The number of anilines is 2. The summed E-state index contributed by atoms with van der Waals surface area (Å²) in [5.74, 6) is 1.77. The van der Waals surface area contributed by atoms with Crippen LogP contribution in [0.2, 0.25) is 0 Å². The Morgan fingerprint density at radius 2 is 2.16 bits per heavy atom. The van der Waals surface area contributed by atoms with Crippen molar-refractivity contribution in [1.82, 2.24) is 24.7 Å². The smallest absolute Gasteiger partial charge is 0.257 e. The first-order valence-electron chi connectivity index (χ1n) is 6.32. The molecule has 1 unspecified atom stereocenters. The minimum atomic E-state index is 0.200. The Kier molecular flexibility index (Phi) is 3.94. The van der Waals surface area contributed by atoms with E-state index in [-0.39, 0.29) is 5.95 Å². The molecule has 0 radical (unpaired) electrons. The summed E-state index contributed by atoms with van der Waals surface area (Å²) in [4.78, 5) is 14.6. The van der Waals surface area contributed by atoms with Crippen molar-refractivity contribution in [1.29, 1.82) is 0 Å². The van der Waals surface area contributed by atoms with Crippen molar-refractivity contribution >= 4 is 11.9 Å². The first kappa shape index (κ1) is 13.3. The fourth-order valence-corrected chi connectivity index (χ4v) is 1.71. The highest BCUT2D eigenvalue weighted by atomic mass is 15.4. The molecule has 0 aliphatic rings. The van der Waals surface area contributed by atoms with Gasteiger partial charge >= 0.3 is 0 Å². The van der Waals surface area contributed by atoms with E-state index in [1.165, 1.54) is 0 Å². The summed E-state index contributed by atoms with van der Waals surface area (Å²) >= 11 is 0. The minimum Gasteiger partial charge on any atom is -0.368 e. The van der Waals surface area contributed by atoms with E-state index in [1.54, 1.807) is 17.1 Å². The maximum Gasteiger partial charge on any atom is 0.257 e. The van der Waals surface area contributed by atoms with Gasteiger partial charge < -0.3 is 10.6 Å². The second-order valence-corrected chi connectivity index (χ2v) is 4.64. The van der Waals surface area contributed by atoms with Gasteiger partial charge in [0.15, 0.2) is 0 Å². The monoisotopic (exact) mass is 261 g/mol. The van der Waals surface area contributed by atoms with E-state index in [0.717, 1.165) is 13.0 Å². The second-order valence-electron chi connectivity index (χ2n) is 4.64. The number of aromatic nitrogens is 5. The van der Waals surface area contributed by atoms with Gasteiger partial charge in [0.2, 0.25) is 11.9 Å². The van der Waals surface area contributed by atoms with Gasteiger partial charge in [0.1, 0.15) is 0 Å². The molecule has 2 heterocycles. The number of nitrogens with two attached hydrogens (primary N) is 1. The van der Waals surface area contributed by atoms with Crippen molar-refractivity contribution in [3.63, 3.8) is 0 Å². The largest absolute Gasteiger partial charge is 0.368 e. The molecule has 0 aliphatic heterocycles. The molecule has 0 spiro atoms. The average Bonchev–Trinajstić information content (AvgIpc) is 2.91. The zero-order chi connectivity index (χ0) is 13.8. The maximum absolute atomic E-state index is 5.74. The van der Waals surface area contributed by atoms with E-state index in [2.05, 4.69) is 33.9 Å². The van der Waals surface area contributed by atoms with E-state index in [9.17, 15) is 0 Å². The molecule has 19 heavy (non-hydrogen) atoms. The van der Waals surface area contributed by atoms with Gasteiger partial charge in [-0.25, -0.2) is 4.68 Å². The lowest BCUT2D eigenvalue weighted by molar-refractivity contribution is 0.554. The molecule has 0 amide bonds. The van der Waals surface area contributed by atoms with Crippen molar-refractivity contribution in [2.75, 3.05) is 24.2 Å². The number of nitrogen functional groups attached to an aromatic ring is 1. The van der Waals surface area contributed by atoms with E-state index < -0.39 is 0 Å². The Bertz CT molecular complexity index is 523. The lowest BCUT2D eigenvalue weighted by atomic mass is 10.1. The van der Waals surface area contributed by atoms with Crippen molar-refractivity contribution < 1.29 is 0 Å². The van der Waals surface area contributed by atoms with Crippen LogP contribution in [0.5, 0.6) is 0 Å². The van der Waals surface area contributed by atoms with Gasteiger partial charge in [-0.3, -0.25) is 0 Å². The van der Waals surface area contributed by atoms with Crippen LogP contribution in [0, 0.1) is 5.92 Å². The van der Waals surface area contributed by atoms with Crippen LogP contribution in [0.25, 0.3) is 5.95 Å². The molecule has 7 heteroatoms. The van der Waals surface area contributed by atoms with E-state index in [0.29, 0.717) is 17.8 Å². The second kappa shape index (κ2) is 5.64. The molecule has 0 aromatic carbocycles. The van der Waals surface area contributed by atoms with Crippen LogP contribution in [0.3, 0.4) is 0 Å². The topological polar surface area (TPSA) is 85.8 Å². The molecule has 0 saturated heterocycles. The first-order chi connectivity index (χ1) is 9.10. The summed E-state index contributed by atoms with van der Waals surface area (Å²) in [5.41, 5.74) is 5.74. The van der Waals surface area contributed by atoms with Crippen molar-refractivity contribution in [3.8, 4) is 5.95 Å². The van der Waals surface area contributed by atoms with Gasteiger partial charge in [-0.2, -0.15) is 20.1 Å². The lowest BCUT2D eigenvalue weighted by Gasteiger charge is -2.20. The molecule has 2 aromatic heterocycles. The molecular weight excluding hydrogens is 242 g/mol. The Hall–Kier alpha value is -2.18. The van der Waals surface area contributed by atoms with Gasteiger partial charge in [-0.15, -0.1) is 0 Å². The molecule has 2 aromatic rings. The van der Waals surface area contributed by atoms with Crippen molar-refractivity contribution in [2.45, 2.75) is 20.3 Å². The third kappa shape index (κ3) is 3.18. The highest BCUT2D eigenvalue weighted by Gasteiger charge is 2.12. The summed E-state index contributed by atoms with van der Waals surface area (Å²) in [6.07, 6.45) is 4.55. The summed E-state index contributed by atoms with van der Waals surface area (Å²) in [6, 6.07) is 1.81. The third-order valence-corrected chi connectivity index (χ3v) is 2.96. The quantitative estimate of drug-likeness (QED) is 0.868. The fourth-order valence-electron chi connectivity index (χ4n) is 1.71. The van der Waals surface area contributed by atoms with E-state index in [1.807, 2.05) is 18.0 Å². The molecule has 2 N–H and O–H groups in total. The average molecular weight is 261 g/mol. The van der Waals surface area contributed by atoms with Gasteiger partial charge in [0.25, 0.3) is 5.95 Å². The molecule has 1 atom stereocenters.